The van der Waals surface area contributed by atoms with Gasteiger partial charge in [0, 0.05) is 32.4 Å². The Kier molecular flexibility index (Phi) is 3.74. The van der Waals surface area contributed by atoms with Crippen molar-refractivity contribution in [1.82, 2.24) is 25.2 Å². The van der Waals surface area contributed by atoms with Gasteiger partial charge in [0.15, 0.2) is 5.65 Å². The molecule has 1 amide bonds. The molecule has 1 aliphatic rings. The average molecular weight is 288 g/mol. The van der Waals surface area contributed by atoms with E-state index in [0.717, 1.165) is 24.3 Å². The highest BCUT2D eigenvalue weighted by Crippen LogP contribution is 2.17. The van der Waals surface area contributed by atoms with Crippen LogP contribution in [0.4, 0.5) is 5.95 Å². The summed E-state index contributed by atoms with van der Waals surface area (Å²) in [6.07, 6.45) is 1.88. The van der Waals surface area contributed by atoms with E-state index in [2.05, 4.69) is 20.7 Å². The minimum absolute atomic E-state index is 0.0141. The van der Waals surface area contributed by atoms with Crippen molar-refractivity contribution in [2.45, 2.75) is 19.9 Å². The van der Waals surface area contributed by atoms with Crippen LogP contribution in [0.1, 0.15) is 12.5 Å². The second-order valence-electron chi connectivity index (χ2n) is 5.18. The normalized spacial score (nSPS) is 19.0. The summed E-state index contributed by atoms with van der Waals surface area (Å²) in [7, 11) is 0. The van der Waals surface area contributed by atoms with Crippen molar-refractivity contribution >= 4 is 17.5 Å². The molecule has 1 fully saturated rings. The SMILES string of the molecule is CCNC(=O)C1CNCCN1c1nc2c(C)cccn2n1. The first-order valence-corrected chi connectivity index (χ1v) is 7.27. The lowest BCUT2D eigenvalue weighted by Crippen LogP contribution is -2.58. The lowest BCUT2D eigenvalue weighted by Gasteiger charge is -2.34. The van der Waals surface area contributed by atoms with Crippen molar-refractivity contribution in [1.29, 1.82) is 0 Å². The molecule has 0 saturated carbocycles. The molecule has 0 bridgehead atoms. The lowest BCUT2D eigenvalue weighted by molar-refractivity contribution is -0.122. The zero-order valence-corrected chi connectivity index (χ0v) is 12.3. The number of amides is 1. The van der Waals surface area contributed by atoms with Crippen LogP contribution in [0.3, 0.4) is 0 Å². The van der Waals surface area contributed by atoms with Crippen molar-refractivity contribution < 1.29 is 4.79 Å². The molecule has 3 rings (SSSR count). The Hall–Kier alpha value is -2.15. The van der Waals surface area contributed by atoms with Gasteiger partial charge in [-0.3, -0.25) is 4.79 Å². The van der Waals surface area contributed by atoms with Crippen molar-refractivity contribution in [3.8, 4) is 0 Å². The molecule has 0 aliphatic carbocycles. The molecule has 21 heavy (non-hydrogen) atoms. The minimum Gasteiger partial charge on any atom is -0.355 e. The zero-order valence-electron chi connectivity index (χ0n) is 12.3. The van der Waals surface area contributed by atoms with Gasteiger partial charge in [-0.1, -0.05) is 6.07 Å². The van der Waals surface area contributed by atoms with E-state index in [-0.39, 0.29) is 11.9 Å². The topological polar surface area (TPSA) is 74.6 Å². The number of aromatic nitrogens is 3. The summed E-state index contributed by atoms with van der Waals surface area (Å²) in [5.41, 5.74) is 1.90. The number of nitrogens with one attached hydrogen (secondary N) is 2. The van der Waals surface area contributed by atoms with Gasteiger partial charge >= 0.3 is 0 Å². The van der Waals surface area contributed by atoms with Gasteiger partial charge in [0.05, 0.1) is 0 Å². The number of rotatable bonds is 3. The first-order valence-electron chi connectivity index (χ1n) is 7.27. The second kappa shape index (κ2) is 5.69. The second-order valence-corrected chi connectivity index (χ2v) is 5.18. The number of hydrogen-bond donors (Lipinski definition) is 2. The molecule has 1 aliphatic heterocycles. The van der Waals surface area contributed by atoms with E-state index in [9.17, 15) is 4.79 Å². The van der Waals surface area contributed by atoms with Crippen LogP contribution in [0.5, 0.6) is 0 Å². The third-order valence-electron chi connectivity index (χ3n) is 3.70. The molecular formula is C14H20N6O. The van der Waals surface area contributed by atoms with E-state index in [1.165, 1.54) is 0 Å². The van der Waals surface area contributed by atoms with E-state index in [0.29, 0.717) is 19.0 Å². The maximum absolute atomic E-state index is 12.2. The molecular weight excluding hydrogens is 268 g/mol. The van der Waals surface area contributed by atoms with Crippen LogP contribution in [-0.4, -0.2) is 52.7 Å². The van der Waals surface area contributed by atoms with Gasteiger partial charge in [-0.25, -0.2) is 4.52 Å². The van der Waals surface area contributed by atoms with Crippen LogP contribution in [0.2, 0.25) is 0 Å². The van der Waals surface area contributed by atoms with Crippen LogP contribution < -0.4 is 15.5 Å². The van der Waals surface area contributed by atoms with Crippen LogP contribution in [0.25, 0.3) is 5.65 Å². The fourth-order valence-electron chi connectivity index (χ4n) is 2.62. The van der Waals surface area contributed by atoms with Crippen LogP contribution in [-0.2, 0) is 4.79 Å². The monoisotopic (exact) mass is 288 g/mol. The highest BCUT2D eigenvalue weighted by Gasteiger charge is 2.30. The molecule has 2 aromatic rings. The lowest BCUT2D eigenvalue weighted by atomic mass is 10.2. The molecule has 0 spiro atoms. The molecule has 7 heteroatoms. The van der Waals surface area contributed by atoms with Crippen molar-refractivity contribution in [2.24, 2.45) is 0 Å². The van der Waals surface area contributed by atoms with Crippen LogP contribution in [0.15, 0.2) is 18.3 Å². The van der Waals surface area contributed by atoms with Gasteiger partial charge in [0.25, 0.3) is 0 Å². The molecule has 3 heterocycles. The first-order chi connectivity index (χ1) is 10.2. The number of fused-ring (bicyclic) bond motifs is 1. The van der Waals surface area contributed by atoms with E-state index in [1.54, 1.807) is 4.52 Å². The number of likely N-dealkylation sites (N-methyl/N-ethyl adjacent to an activating group) is 1. The van der Waals surface area contributed by atoms with E-state index < -0.39 is 0 Å². The number of carbonyl (C=O) groups is 1. The Morgan fingerprint density at radius 2 is 2.43 bits per heavy atom. The van der Waals surface area contributed by atoms with E-state index in [1.807, 2.05) is 37.1 Å². The van der Waals surface area contributed by atoms with Gasteiger partial charge in [-0.15, -0.1) is 5.10 Å². The Bertz CT molecular complexity index is 652. The molecule has 112 valence electrons. The summed E-state index contributed by atoms with van der Waals surface area (Å²) in [6.45, 7) is 6.71. The molecule has 2 aromatic heterocycles. The highest BCUT2D eigenvalue weighted by atomic mass is 16.2. The fraction of sp³-hybridized carbons (Fsp3) is 0.500. The predicted octanol–water partition coefficient (Wildman–Crippen LogP) is -0.0480. The summed E-state index contributed by atoms with van der Waals surface area (Å²) in [4.78, 5) is 18.8. The zero-order chi connectivity index (χ0) is 14.8. The Morgan fingerprint density at radius 3 is 3.19 bits per heavy atom. The largest absolute Gasteiger partial charge is 0.355 e. The molecule has 2 N–H and O–H groups in total. The molecule has 1 saturated heterocycles. The summed E-state index contributed by atoms with van der Waals surface area (Å²) in [5, 5.41) is 10.6. The van der Waals surface area contributed by atoms with Gasteiger partial charge in [0.1, 0.15) is 6.04 Å². The Labute approximate surface area is 123 Å². The fourth-order valence-corrected chi connectivity index (χ4v) is 2.62. The van der Waals surface area contributed by atoms with Gasteiger partial charge in [0.2, 0.25) is 11.9 Å². The third kappa shape index (κ3) is 2.56. The van der Waals surface area contributed by atoms with Crippen molar-refractivity contribution in [3.63, 3.8) is 0 Å². The number of anilines is 1. The molecule has 7 nitrogen and oxygen atoms in total. The highest BCUT2D eigenvalue weighted by molar-refractivity contribution is 5.85. The minimum atomic E-state index is -0.267. The number of carbonyl (C=O) groups excluding carboxylic acids is 1. The maximum Gasteiger partial charge on any atom is 0.246 e. The number of piperazine rings is 1. The molecule has 1 unspecified atom stereocenters. The van der Waals surface area contributed by atoms with Crippen molar-refractivity contribution in [2.75, 3.05) is 31.1 Å². The van der Waals surface area contributed by atoms with Crippen LogP contribution in [0, 0.1) is 6.92 Å². The third-order valence-corrected chi connectivity index (χ3v) is 3.70. The Balaban J connectivity index is 1.94. The van der Waals surface area contributed by atoms with E-state index >= 15 is 0 Å². The molecule has 1 atom stereocenters. The average Bonchev–Trinajstić information content (AvgIpc) is 2.93. The summed E-state index contributed by atoms with van der Waals surface area (Å²) in [5.74, 6) is 0.627. The van der Waals surface area contributed by atoms with Crippen molar-refractivity contribution in [3.05, 3.63) is 23.9 Å². The van der Waals surface area contributed by atoms with Gasteiger partial charge < -0.3 is 15.5 Å². The maximum atomic E-state index is 12.2. The number of aryl methyl sites for hydroxylation is 1. The number of nitrogens with zero attached hydrogens (tertiary/aromatic N) is 4. The predicted molar refractivity (Wildman–Crippen MR) is 80.4 cm³/mol. The standard InChI is InChI=1S/C14H20N6O/c1-3-16-13(21)11-9-15-6-8-19(11)14-17-12-10(2)5-4-7-20(12)18-14/h4-5,7,11,15H,3,6,8-9H2,1-2H3,(H,16,21). The summed E-state index contributed by atoms with van der Waals surface area (Å²) >= 11 is 0. The van der Waals surface area contributed by atoms with Gasteiger partial charge in [-0.2, -0.15) is 4.98 Å². The quantitative estimate of drug-likeness (QED) is 0.828. The van der Waals surface area contributed by atoms with Crippen LogP contribution >= 0.6 is 0 Å². The first kappa shape index (κ1) is 13.8. The molecule has 0 aromatic carbocycles. The van der Waals surface area contributed by atoms with E-state index in [4.69, 9.17) is 0 Å². The number of pyridine rings is 1. The number of hydrogen-bond acceptors (Lipinski definition) is 5. The Morgan fingerprint density at radius 1 is 1.57 bits per heavy atom. The smallest absolute Gasteiger partial charge is 0.246 e. The van der Waals surface area contributed by atoms with Gasteiger partial charge in [-0.05, 0) is 25.5 Å². The molecule has 0 radical (unpaired) electrons. The summed E-state index contributed by atoms with van der Waals surface area (Å²) in [6, 6.07) is 3.68. The summed E-state index contributed by atoms with van der Waals surface area (Å²) < 4.78 is 1.77.